The summed E-state index contributed by atoms with van der Waals surface area (Å²) in [6, 6.07) is 21.6. The lowest BCUT2D eigenvalue weighted by Gasteiger charge is -2.36. The maximum absolute atomic E-state index is 13.6. The number of halogens is 4. The Hall–Kier alpha value is -3.52. The zero-order valence-corrected chi connectivity index (χ0v) is 24.5. The van der Waals surface area contributed by atoms with E-state index in [9.17, 15) is 13.6 Å². The van der Waals surface area contributed by atoms with Crippen molar-refractivity contribution in [2.45, 2.75) is 25.4 Å². The van der Waals surface area contributed by atoms with Crippen LogP contribution in [0.15, 0.2) is 85.1 Å². The zero-order chi connectivity index (χ0) is 29.5. The molecule has 0 amide bonds. The molecule has 3 aromatic carbocycles. The van der Waals surface area contributed by atoms with E-state index in [2.05, 4.69) is 14.8 Å². The van der Waals surface area contributed by atoms with Gasteiger partial charge in [0.15, 0.2) is 0 Å². The number of ether oxygens (including phenoxy) is 1. The third-order valence-electron chi connectivity index (χ3n) is 7.56. The first-order valence-electron chi connectivity index (χ1n) is 13.9. The molecule has 4 aromatic rings. The van der Waals surface area contributed by atoms with Crippen LogP contribution in [0.5, 0.6) is 0 Å². The molecule has 218 valence electrons. The predicted octanol–water partition coefficient (Wildman–Crippen LogP) is 7.76. The molecule has 2 heterocycles. The van der Waals surface area contributed by atoms with Crippen LogP contribution in [0.3, 0.4) is 0 Å². The minimum atomic E-state index is -0.468. The van der Waals surface area contributed by atoms with Crippen LogP contribution in [0, 0.1) is 11.6 Å². The molecule has 5 rings (SSSR count). The Kier molecular flexibility index (Phi) is 10.1. The van der Waals surface area contributed by atoms with E-state index in [0.717, 1.165) is 56.7 Å². The van der Waals surface area contributed by atoms with Crippen molar-refractivity contribution >= 4 is 35.0 Å². The first-order chi connectivity index (χ1) is 20.4. The van der Waals surface area contributed by atoms with Crippen LogP contribution in [0.25, 0.3) is 0 Å². The Morgan fingerprint density at radius 1 is 0.881 bits per heavy atom. The second kappa shape index (κ2) is 14.1. The van der Waals surface area contributed by atoms with Gasteiger partial charge in [0.25, 0.3) is 0 Å². The molecule has 9 heteroatoms. The van der Waals surface area contributed by atoms with Crippen LogP contribution in [-0.2, 0) is 11.3 Å². The second-order valence-electron chi connectivity index (χ2n) is 10.3. The first-order valence-corrected chi connectivity index (χ1v) is 14.7. The van der Waals surface area contributed by atoms with Gasteiger partial charge in [-0.2, -0.15) is 0 Å². The van der Waals surface area contributed by atoms with Crippen LogP contribution >= 0.6 is 23.2 Å². The zero-order valence-electron chi connectivity index (χ0n) is 23.0. The Morgan fingerprint density at radius 3 is 2.17 bits per heavy atom. The summed E-state index contributed by atoms with van der Waals surface area (Å²) in [6.45, 7) is 3.98. The number of esters is 1. The predicted molar refractivity (Wildman–Crippen MR) is 162 cm³/mol. The smallest absolute Gasteiger partial charge is 0.342 e. The first kappa shape index (κ1) is 30.0. The largest absolute Gasteiger partial charge is 0.457 e. The minimum absolute atomic E-state index is 0.0111. The molecular formula is C33H31Cl2F2N3O2. The molecule has 0 bridgehead atoms. The fraction of sp³-hybridized carbons (Fsp3) is 0.273. The summed E-state index contributed by atoms with van der Waals surface area (Å²) >= 11 is 12.3. The van der Waals surface area contributed by atoms with Crippen LogP contribution in [0.1, 0.15) is 45.8 Å². The number of anilines is 1. The topological polar surface area (TPSA) is 45.7 Å². The average Bonchev–Trinajstić information content (AvgIpc) is 3.01. The number of hydrogen-bond donors (Lipinski definition) is 0. The van der Waals surface area contributed by atoms with Gasteiger partial charge in [0.2, 0.25) is 0 Å². The molecule has 1 aliphatic heterocycles. The molecule has 0 atom stereocenters. The van der Waals surface area contributed by atoms with Gasteiger partial charge in [0.05, 0.1) is 0 Å². The molecule has 0 N–H and O–H groups in total. The summed E-state index contributed by atoms with van der Waals surface area (Å²) in [5.41, 5.74) is 3.07. The van der Waals surface area contributed by atoms with Crippen molar-refractivity contribution in [1.29, 1.82) is 0 Å². The lowest BCUT2D eigenvalue weighted by Crippen LogP contribution is -2.47. The lowest BCUT2D eigenvalue weighted by molar-refractivity contribution is 0.0473. The standard InChI is InChI=1S/C33H31Cl2F2N3O2/c34-26-9-14-31(35)25(21-26)22-42-33(41)30-3-1-15-38-32(30)40-19-17-39(18-20-40)16-2-4-29(23-5-10-27(36)11-6-23)24-7-12-28(37)13-8-24/h1,3,5-15,21,29H,2,4,16-20,22H2. The number of carbonyl (C=O) groups is 1. The quantitative estimate of drug-likeness (QED) is 0.172. The molecule has 42 heavy (non-hydrogen) atoms. The van der Waals surface area contributed by atoms with E-state index in [0.29, 0.717) is 27.0 Å². The van der Waals surface area contributed by atoms with E-state index in [-0.39, 0.29) is 24.2 Å². The van der Waals surface area contributed by atoms with E-state index in [1.165, 1.54) is 24.3 Å². The van der Waals surface area contributed by atoms with Gasteiger partial charge >= 0.3 is 5.97 Å². The van der Waals surface area contributed by atoms with E-state index >= 15 is 0 Å². The number of rotatable bonds is 10. The van der Waals surface area contributed by atoms with E-state index < -0.39 is 5.97 Å². The van der Waals surface area contributed by atoms with Crippen LogP contribution in [0.4, 0.5) is 14.6 Å². The molecule has 1 saturated heterocycles. The normalized spacial score (nSPS) is 13.9. The monoisotopic (exact) mass is 609 g/mol. The Labute approximate surface area is 254 Å². The average molecular weight is 611 g/mol. The highest BCUT2D eigenvalue weighted by atomic mass is 35.5. The second-order valence-corrected chi connectivity index (χ2v) is 11.2. The van der Waals surface area contributed by atoms with Crippen LogP contribution in [0.2, 0.25) is 10.0 Å². The fourth-order valence-corrected chi connectivity index (χ4v) is 5.67. The van der Waals surface area contributed by atoms with Gasteiger partial charge in [-0.3, -0.25) is 4.90 Å². The third-order valence-corrected chi connectivity index (χ3v) is 8.16. The Bertz CT molecular complexity index is 1450. The summed E-state index contributed by atoms with van der Waals surface area (Å²) in [7, 11) is 0. The molecule has 1 fully saturated rings. The highest BCUT2D eigenvalue weighted by Crippen LogP contribution is 2.30. The van der Waals surface area contributed by atoms with Gasteiger partial charge in [-0.05, 0) is 85.1 Å². The summed E-state index contributed by atoms with van der Waals surface area (Å²) < 4.78 is 32.7. The molecular weight excluding hydrogens is 579 g/mol. The number of hydrogen-bond acceptors (Lipinski definition) is 5. The van der Waals surface area contributed by atoms with E-state index in [1.54, 1.807) is 60.8 Å². The molecule has 0 saturated carbocycles. The van der Waals surface area contributed by atoms with Gasteiger partial charge < -0.3 is 9.64 Å². The lowest BCUT2D eigenvalue weighted by atomic mass is 9.87. The Morgan fingerprint density at radius 2 is 1.52 bits per heavy atom. The third kappa shape index (κ3) is 7.65. The molecule has 5 nitrogen and oxygen atoms in total. The van der Waals surface area contributed by atoms with Crippen molar-refractivity contribution in [2.24, 2.45) is 0 Å². The number of piperazine rings is 1. The van der Waals surface area contributed by atoms with Crippen molar-refractivity contribution in [3.05, 3.63) is 129 Å². The van der Waals surface area contributed by atoms with Gasteiger partial charge in [-0.1, -0.05) is 47.5 Å². The number of nitrogens with zero attached hydrogens (tertiary/aromatic N) is 3. The van der Waals surface area contributed by atoms with Gasteiger partial charge in [-0.15, -0.1) is 0 Å². The van der Waals surface area contributed by atoms with E-state index in [4.69, 9.17) is 27.9 Å². The van der Waals surface area contributed by atoms with Crippen molar-refractivity contribution in [1.82, 2.24) is 9.88 Å². The molecule has 1 aliphatic rings. The maximum atomic E-state index is 13.6. The van der Waals surface area contributed by atoms with Gasteiger partial charge in [0.1, 0.15) is 29.6 Å². The molecule has 0 unspecified atom stereocenters. The van der Waals surface area contributed by atoms with Crippen molar-refractivity contribution in [2.75, 3.05) is 37.6 Å². The number of carbonyl (C=O) groups excluding carboxylic acids is 1. The highest BCUT2D eigenvalue weighted by Gasteiger charge is 2.24. The number of aromatic nitrogens is 1. The summed E-state index contributed by atoms with van der Waals surface area (Å²) in [5, 5.41) is 1.00. The number of benzene rings is 3. The Balaban J connectivity index is 1.16. The SMILES string of the molecule is O=C(OCc1cc(Cl)ccc1Cl)c1cccnc1N1CCN(CCCC(c2ccc(F)cc2)c2ccc(F)cc2)CC1. The molecule has 1 aromatic heterocycles. The minimum Gasteiger partial charge on any atom is -0.457 e. The summed E-state index contributed by atoms with van der Waals surface area (Å²) in [6.07, 6.45) is 3.45. The van der Waals surface area contributed by atoms with Crippen LogP contribution < -0.4 is 4.90 Å². The maximum Gasteiger partial charge on any atom is 0.342 e. The van der Waals surface area contributed by atoms with Crippen molar-refractivity contribution in [3.63, 3.8) is 0 Å². The molecule has 0 spiro atoms. The van der Waals surface area contributed by atoms with Gasteiger partial charge in [-0.25, -0.2) is 18.6 Å². The van der Waals surface area contributed by atoms with Crippen molar-refractivity contribution < 1.29 is 18.3 Å². The van der Waals surface area contributed by atoms with Crippen LogP contribution in [-0.4, -0.2) is 48.6 Å². The molecule has 0 radical (unpaired) electrons. The number of pyridine rings is 1. The summed E-state index contributed by atoms with van der Waals surface area (Å²) in [4.78, 5) is 22.0. The van der Waals surface area contributed by atoms with Gasteiger partial charge in [0, 0.05) is 53.9 Å². The molecule has 0 aliphatic carbocycles. The van der Waals surface area contributed by atoms with E-state index in [1.807, 2.05) is 0 Å². The highest BCUT2D eigenvalue weighted by molar-refractivity contribution is 6.33. The van der Waals surface area contributed by atoms with Crippen molar-refractivity contribution in [3.8, 4) is 0 Å². The fourth-order valence-electron chi connectivity index (χ4n) is 5.30. The summed E-state index contributed by atoms with van der Waals surface area (Å²) in [5.74, 6) is -0.360.